The minimum atomic E-state index is -0.773. The van der Waals surface area contributed by atoms with Gasteiger partial charge in [0.2, 0.25) is 0 Å². The summed E-state index contributed by atoms with van der Waals surface area (Å²) in [5.41, 5.74) is 5.78. The van der Waals surface area contributed by atoms with Crippen LogP contribution in [0, 0.1) is 12.2 Å². The minimum absolute atomic E-state index is 0.0143. The molecule has 3 heteroatoms. The SMILES string of the molecule is CC1[CH]C(N)(c2ccccc2F)CO1. The highest BCUT2D eigenvalue weighted by atomic mass is 19.1. The molecule has 1 heterocycles. The van der Waals surface area contributed by atoms with Gasteiger partial charge in [0, 0.05) is 12.0 Å². The third-order valence-corrected chi connectivity index (χ3v) is 2.49. The Balaban J connectivity index is 2.35. The molecular weight excluding hydrogens is 181 g/mol. The second kappa shape index (κ2) is 3.33. The maximum atomic E-state index is 13.5. The molecule has 1 aromatic carbocycles. The summed E-state index contributed by atoms with van der Waals surface area (Å²) < 4.78 is 18.8. The van der Waals surface area contributed by atoms with Gasteiger partial charge in [0.1, 0.15) is 5.82 Å². The van der Waals surface area contributed by atoms with Crippen LogP contribution in [0.4, 0.5) is 4.39 Å². The minimum Gasteiger partial charge on any atom is -0.376 e. The summed E-state index contributed by atoms with van der Waals surface area (Å²) in [5, 5.41) is 0. The fourth-order valence-electron chi connectivity index (χ4n) is 1.79. The zero-order valence-electron chi connectivity index (χ0n) is 8.03. The molecule has 2 rings (SSSR count). The smallest absolute Gasteiger partial charge is 0.128 e. The lowest BCUT2D eigenvalue weighted by Gasteiger charge is -2.22. The lowest BCUT2D eigenvalue weighted by Crippen LogP contribution is -2.38. The zero-order valence-corrected chi connectivity index (χ0v) is 8.03. The Morgan fingerprint density at radius 3 is 2.79 bits per heavy atom. The molecule has 0 spiro atoms. The first-order chi connectivity index (χ1) is 6.62. The van der Waals surface area contributed by atoms with Gasteiger partial charge in [-0.05, 0) is 13.0 Å². The van der Waals surface area contributed by atoms with Crippen molar-refractivity contribution in [3.8, 4) is 0 Å². The standard InChI is InChI=1S/C11H13FNO/c1-8-6-11(13,7-14-8)9-4-2-3-5-10(9)12/h2-6,8H,7,13H2,1H3. The fraction of sp³-hybridized carbons (Fsp3) is 0.364. The summed E-state index contributed by atoms with van der Waals surface area (Å²) in [7, 11) is 0. The van der Waals surface area contributed by atoms with Gasteiger partial charge in [-0.1, -0.05) is 18.2 Å². The van der Waals surface area contributed by atoms with Crippen molar-refractivity contribution < 1.29 is 9.13 Å². The van der Waals surface area contributed by atoms with Crippen molar-refractivity contribution in [2.45, 2.75) is 18.6 Å². The van der Waals surface area contributed by atoms with Crippen LogP contribution < -0.4 is 5.73 Å². The molecule has 1 saturated heterocycles. The Labute approximate surface area is 82.9 Å². The largest absolute Gasteiger partial charge is 0.376 e. The van der Waals surface area contributed by atoms with Crippen molar-refractivity contribution in [3.63, 3.8) is 0 Å². The summed E-state index contributed by atoms with van der Waals surface area (Å²) in [5.74, 6) is -0.274. The molecule has 0 amide bonds. The van der Waals surface area contributed by atoms with E-state index in [2.05, 4.69) is 0 Å². The molecule has 1 radical (unpaired) electrons. The topological polar surface area (TPSA) is 35.2 Å². The van der Waals surface area contributed by atoms with Crippen LogP contribution >= 0.6 is 0 Å². The van der Waals surface area contributed by atoms with Gasteiger partial charge in [0.05, 0.1) is 18.2 Å². The average molecular weight is 194 g/mol. The summed E-state index contributed by atoms with van der Waals surface area (Å²) in [6, 6.07) is 6.55. The highest BCUT2D eigenvalue weighted by Gasteiger charge is 2.38. The maximum absolute atomic E-state index is 13.5. The Hall–Kier alpha value is -0.930. The molecule has 0 saturated carbocycles. The molecule has 2 nitrogen and oxygen atoms in total. The molecule has 2 unspecified atom stereocenters. The zero-order chi connectivity index (χ0) is 10.2. The van der Waals surface area contributed by atoms with Crippen LogP contribution in [-0.2, 0) is 10.3 Å². The molecule has 0 aliphatic carbocycles. The van der Waals surface area contributed by atoms with E-state index in [1.54, 1.807) is 18.2 Å². The second-order valence-electron chi connectivity index (χ2n) is 3.70. The maximum Gasteiger partial charge on any atom is 0.128 e. The van der Waals surface area contributed by atoms with E-state index in [-0.39, 0.29) is 11.9 Å². The third kappa shape index (κ3) is 1.53. The van der Waals surface area contributed by atoms with Gasteiger partial charge in [0.25, 0.3) is 0 Å². The highest BCUT2D eigenvalue weighted by Crippen LogP contribution is 2.31. The number of halogens is 1. The Morgan fingerprint density at radius 1 is 1.50 bits per heavy atom. The number of nitrogens with two attached hydrogens (primary N) is 1. The molecule has 2 atom stereocenters. The first-order valence-corrected chi connectivity index (χ1v) is 4.63. The number of hydrogen-bond acceptors (Lipinski definition) is 2. The first kappa shape index (κ1) is 9.62. The normalized spacial score (nSPS) is 32.1. The number of ether oxygens (including phenoxy) is 1. The van der Waals surface area contributed by atoms with E-state index in [9.17, 15) is 4.39 Å². The van der Waals surface area contributed by atoms with Gasteiger partial charge < -0.3 is 10.5 Å². The molecule has 14 heavy (non-hydrogen) atoms. The number of benzene rings is 1. The van der Waals surface area contributed by atoms with E-state index in [0.717, 1.165) is 0 Å². The molecule has 1 aromatic rings. The van der Waals surface area contributed by atoms with Crippen molar-refractivity contribution >= 4 is 0 Å². The molecule has 0 aromatic heterocycles. The molecule has 2 N–H and O–H groups in total. The van der Waals surface area contributed by atoms with E-state index >= 15 is 0 Å². The Bertz CT molecular complexity index is 342. The third-order valence-electron chi connectivity index (χ3n) is 2.49. The molecule has 1 aliphatic rings. The van der Waals surface area contributed by atoms with Gasteiger partial charge in [0.15, 0.2) is 0 Å². The highest BCUT2D eigenvalue weighted by molar-refractivity contribution is 5.31. The van der Waals surface area contributed by atoms with Crippen LogP contribution in [0.2, 0.25) is 0 Å². The first-order valence-electron chi connectivity index (χ1n) is 4.63. The van der Waals surface area contributed by atoms with E-state index < -0.39 is 5.54 Å². The summed E-state index contributed by atoms with van der Waals surface area (Å²) >= 11 is 0. The molecular formula is C11H13FNO. The fourth-order valence-corrected chi connectivity index (χ4v) is 1.79. The predicted molar refractivity (Wildman–Crippen MR) is 52.0 cm³/mol. The van der Waals surface area contributed by atoms with Crippen LogP contribution in [-0.4, -0.2) is 12.7 Å². The van der Waals surface area contributed by atoms with E-state index in [0.29, 0.717) is 12.2 Å². The van der Waals surface area contributed by atoms with Crippen LogP contribution in [0.15, 0.2) is 24.3 Å². The molecule has 1 aliphatic heterocycles. The molecule has 0 bridgehead atoms. The van der Waals surface area contributed by atoms with Crippen molar-refractivity contribution in [2.75, 3.05) is 6.61 Å². The quantitative estimate of drug-likeness (QED) is 0.737. The summed E-state index contributed by atoms with van der Waals surface area (Å²) in [6.07, 6.45) is 1.82. The average Bonchev–Trinajstić information content (AvgIpc) is 2.48. The van der Waals surface area contributed by atoms with Crippen molar-refractivity contribution in [3.05, 3.63) is 42.1 Å². The van der Waals surface area contributed by atoms with E-state index in [1.807, 2.05) is 13.3 Å². The van der Waals surface area contributed by atoms with Gasteiger partial charge in [-0.2, -0.15) is 0 Å². The number of rotatable bonds is 1. The van der Waals surface area contributed by atoms with Crippen LogP contribution in [0.3, 0.4) is 0 Å². The van der Waals surface area contributed by atoms with Gasteiger partial charge in [-0.3, -0.25) is 0 Å². The molecule has 1 fully saturated rings. The van der Waals surface area contributed by atoms with Gasteiger partial charge in [-0.25, -0.2) is 4.39 Å². The van der Waals surface area contributed by atoms with Crippen molar-refractivity contribution in [1.82, 2.24) is 0 Å². The molecule has 75 valence electrons. The predicted octanol–water partition coefficient (Wildman–Crippen LogP) is 1.60. The van der Waals surface area contributed by atoms with Crippen LogP contribution in [0.5, 0.6) is 0 Å². The summed E-state index contributed by atoms with van der Waals surface area (Å²) in [6.45, 7) is 2.24. The second-order valence-corrected chi connectivity index (χ2v) is 3.70. The van der Waals surface area contributed by atoms with Crippen molar-refractivity contribution in [1.29, 1.82) is 0 Å². The Kier molecular flexibility index (Phi) is 2.29. The number of hydrogen-bond donors (Lipinski definition) is 1. The van der Waals surface area contributed by atoms with E-state index in [1.165, 1.54) is 6.07 Å². The lowest BCUT2D eigenvalue weighted by atomic mass is 9.88. The van der Waals surface area contributed by atoms with Crippen LogP contribution in [0.25, 0.3) is 0 Å². The van der Waals surface area contributed by atoms with Gasteiger partial charge in [-0.15, -0.1) is 0 Å². The Morgan fingerprint density at radius 2 is 2.21 bits per heavy atom. The van der Waals surface area contributed by atoms with Crippen LogP contribution in [0.1, 0.15) is 12.5 Å². The monoisotopic (exact) mass is 194 g/mol. The van der Waals surface area contributed by atoms with E-state index in [4.69, 9.17) is 10.5 Å². The van der Waals surface area contributed by atoms with Gasteiger partial charge >= 0.3 is 0 Å². The lowest BCUT2D eigenvalue weighted by molar-refractivity contribution is 0.121. The summed E-state index contributed by atoms with van der Waals surface area (Å²) in [4.78, 5) is 0. The van der Waals surface area contributed by atoms with Crippen molar-refractivity contribution in [2.24, 2.45) is 5.73 Å².